The van der Waals surface area contributed by atoms with E-state index in [9.17, 15) is 9.59 Å². The third-order valence-electron chi connectivity index (χ3n) is 4.20. The van der Waals surface area contributed by atoms with E-state index in [-0.39, 0.29) is 18.2 Å². The number of benzene rings is 1. The topological polar surface area (TPSA) is 71.5 Å². The molecule has 26 heavy (non-hydrogen) atoms. The van der Waals surface area contributed by atoms with Gasteiger partial charge in [-0.25, -0.2) is 0 Å². The number of carbonyl (C=O) groups excluding carboxylic acids is 2. The standard InChI is InChI=1S/C20H21N3O3/c1-2-7-19(24)23-13-6-10-17(23)20(25)22-16-9-3-4-11-18(16)26-15-8-5-12-21-14-15/h2-5,8-9,11-12,14,17H,1,6-7,10,13H2,(H,22,25). The van der Waals surface area contributed by atoms with E-state index in [1.54, 1.807) is 47.6 Å². The minimum absolute atomic E-state index is 0.0717. The van der Waals surface area contributed by atoms with Crippen molar-refractivity contribution in [2.24, 2.45) is 0 Å². The number of pyridine rings is 1. The normalized spacial score (nSPS) is 16.2. The molecule has 0 bridgehead atoms. The van der Waals surface area contributed by atoms with Crippen molar-refractivity contribution < 1.29 is 14.3 Å². The molecule has 2 amide bonds. The number of nitrogens with zero attached hydrogens (tertiary/aromatic N) is 2. The molecule has 1 atom stereocenters. The molecule has 1 aliphatic heterocycles. The molecule has 2 aromatic rings. The molecule has 1 N–H and O–H groups in total. The molecule has 0 aliphatic carbocycles. The molecule has 6 heteroatoms. The van der Waals surface area contributed by atoms with E-state index >= 15 is 0 Å². The zero-order chi connectivity index (χ0) is 18.4. The molecule has 134 valence electrons. The number of nitrogens with one attached hydrogen (secondary N) is 1. The number of para-hydroxylation sites is 2. The fourth-order valence-corrected chi connectivity index (χ4v) is 2.99. The van der Waals surface area contributed by atoms with Crippen LogP contribution in [0.15, 0.2) is 61.4 Å². The zero-order valence-corrected chi connectivity index (χ0v) is 14.4. The summed E-state index contributed by atoms with van der Waals surface area (Å²) in [5.41, 5.74) is 0.560. The van der Waals surface area contributed by atoms with Gasteiger partial charge in [0.15, 0.2) is 5.75 Å². The van der Waals surface area contributed by atoms with Crippen LogP contribution in [0.4, 0.5) is 5.69 Å². The molecule has 3 rings (SSSR count). The lowest BCUT2D eigenvalue weighted by atomic mass is 10.2. The number of anilines is 1. The summed E-state index contributed by atoms with van der Waals surface area (Å²) in [5, 5.41) is 2.90. The first-order valence-corrected chi connectivity index (χ1v) is 8.57. The summed E-state index contributed by atoms with van der Waals surface area (Å²) in [6, 6.07) is 10.3. The monoisotopic (exact) mass is 351 g/mol. The van der Waals surface area contributed by atoms with Crippen LogP contribution in [0.5, 0.6) is 11.5 Å². The molecule has 1 fully saturated rings. The maximum atomic E-state index is 12.7. The van der Waals surface area contributed by atoms with Gasteiger partial charge in [-0.1, -0.05) is 18.2 Å². The number of carbonyl (C=O) groups is 2. The quantitative estimate of drug-likeness (QED) is 0.810. The van der Waals surface area contributed by atoms with Crippen molar-refractivity contribution in [3.8, 4) is 11.5 Å². The van der Waals surface area contributed by atoms with E-state index in [2.05, 4.69) is 16.9 Å². The highest BCUT2D eigenvalue weighted by Crippen LogP contribution is 2.30. The number of hydrogen-bond acceptors (Lipinski definition) is 4. The van der Waals surface area contributed by atoms with E-state index in [1.807, 2.05) is 12.1 Å². The van der Waals surface area contributed by atoms with Crippen LogP contribution < -0.4 is 10.1 Å². The molecule has 2 heterocycles. The molecular weight excluding hydrogens is 330 g/mol. The Morgan fingerprint density at radius 2 is 2.15 bits per heavy atom. The number of rotatable bonds is 6. The fourth-order valence-electron chi connectivity index (χ4n) is 2.99. The second-order valence-corrected chi connectivity index (χ2v) is 6.01. The number of aromatic nitrogens is 1. The van der Waals surface area contributed by atoms with Gasteiger partial charge in [-0.05, 0) is 37.1 Å². The molecule has 6 nitrogen and oxygen atoms in total. The van der Waals surface area contributed by atoms with Crippen molar-refractivity contribution in [3.05, 3.63) is 61.4 Å². The Morgan fingerprint density at radius 1 is 1.31 bits per heavy atom. The molecular formula is C20H21N3O3. The van der Waals surface area contributed by atoms with Crippen molar-refractivity contribution in [2.75, 3.05) is 11.9 Å². The predicted octanol–water partition coefficient (Wildman–Crippen LogP) is 3.38. The maximum absolute atomic E-state index is 12.7. The number of amides is 2. The Labute approximate surface area is 152 Å². The Balaban J connectivity index is 1.73. The Hall–Kier alpha value is -3.15. The Kier molecular flexibility index (Phi) is 5.63. The van der Waals surface area contributed by atoms with Gasteiger partial charge >= 0.3 is 0 Å². The van der Waals surface area contributed by atoms with Gasteiger partial charge < -0.3 is 15.0 Å². The highest BCUT2D eigenvalue weighted by Gasteiger charge is 2.33. The third-order valence-corrected chi connectivity index (χ3v) is 4.20. The lowest BCUT2D eigenvalue weighted by Gasteiger charge is -2.24. The van der Waals surface area contributed by atoms with Crippen LogP contribution in [0.3, 0.4) is 0 Å². The lowest BCUT2D eigenvalue weighted by Crippen LogP contribution is -2.43. The summed E-state index contributed by atoms with van der Waals surface area (Å²) in [5.74, 6) is 0.827. The summed E-state index contributed by atoms with van der Waals surface area (Å²) >= 11 is 0. The van der Waals surface area contributed by atoms with Gasteiger partial charge in [0.25, 0.3) is 0 Å². The average Bonchev–Trinajstić information content (AvgIpc) is 3.14. The summed E-state index contributed by atoms with van der Waals surface area (Å²) < 4.78 is 5.81. The van der Waals surface area contributed by atoms with Gasteiger partial charge in [0.2, 0.25) is 11.8 Å². The molecule has 0 spiro atoms. The summed E-state index contributed by atoms with van der Waals surface area (Å²) in [6.45, 7) is 4.19. The summed E-state index contributed by atoms with van der Waals surface area (Å²) in [4.78, 5) is 30.5. The van der Waals surface area contributed by atoms with Crippen LogP contribution >= 0.6 is 0 Å². The minimum Gasteiger partial charge on any atom is -0.454 e. The first-order valence-electron chi connectivity index (χ1n) is 8.57. The molecule has 1 saturated heterocycles. The van der Waals surface area contributed by atoms with E-state index in [0.29, 0.717) is 30.2 Å². The number of hydrogen-bond donors (Lipinski definition) is 1. The molecule has 0 saturated carbocycles. The van der Waals surface area contributed by atoms with Crippen LogP contribution in [0.1, 0.15) is 19.3 Å². The van der Waals surface area contributed by atoms with Crippen molar-refractivity contribution in [2.45, 2.75) is 25.3 Å². The van der Waals surface area contributed by atoms with E-state index in [4.69, 9.17) is 4.74 Å². The third kappa shape index (κ3) is 4.08. The fraction of sp³-hybridized carbons (Fsp3) is 0.250. The SMILES string of the molecule is C=CCC(=O)N1CCCC1C(=O)Nc1ccccc1Oc1cccnc1. The van der Waals surface area contributed by atoms with Gasteiger partial charge in [-0.15, -0.1) is 6.58 Å². The van der Waals surface area contributed by atoms with Gasteiger partial charge in [0.05, 0.1) is 11.9 Å². The van der Waals surface area contributed by atoms with Crippen LogP contribution in [0, 0.1) is 0 Å². The Morgan fingerprint density at radius 3 is 2.92 bits per heavy atom. The van der Waals surface area contributed by atoms with Gasteiger partial charge in [0, 0.05) is 19.2 Å². The number of likely N-dealkylation sites (tertiary alicyclic amines) is 1. The zero-order valence-electron chi connectivity index (χ0n) is 14.4. The van der Waals surface area contributed by atoms with Crippen LogP contribution in [-0.2, 0) is 9.59 Å². The lowest BCUT2D eigenvalue weighted by molar-refractivity contribution is -0.135. The first-order chi connectivity index (χ1) is 12.7. The first kappa shape index (κ1) is 17.7. The van der Waals surface area contributed by atoms with Gasteiger partial charge in [0.1, 0.15) is 11.8 Å². The largest absolute Gasteiger partial charge is 0.454 e. The van der Waals surface area contributed by atoms with E-state index < -0.39 is 6.04 Å². The molecule has 1 aromatic carbocycles. The van der Waals surface area contributed by atoms with Crippen LogP contribution in [-0.4, -0.2) is 34.3 Å². The maximum Gasteiger partial charge on any atom is 0.247 e. The molecule has 1 aliphatic rings. The summed E-state index contributed by atoms with van der Waals surface area (Å²) in [7, 11) is 0. The molecule has 1 aromatic heterocycles. The molecule has 0 radical (unpaired) electrons. The van der Waals surface area contributed by atoms with Gasteiger partial charge in [-0.3, -0.25) is 14.6 Å². The van der Waals surface area contributed by atoms with Crippen molar-refractivity contribution in [3.63, 3.8) is 0 Å². The second kappa shape index (κ2) is 8.29. The van der Waals surface area contributed by atoms with Crippen molar-refractivity contribution in [1.82, 2.24) is 9.88 Å². The summed E-state index contributed by atoms with van der Waals surface area (Å²) in [6.07, 6.45) is 6.53. The van der Waals surface area contributed by atoms with Crippen molar-refractivity contribution >= 4 is 17.5 Å². The second-order valence-electron chi connectivity index (χ2n) is 6.01. The average molecular weight is 351 g/mol. The van der Waals surface area contributed by atoms with Crippen molar-refractivity contribution in [1.29, 1.82) is 0 Å². The van der Waals surface area contributed by atoms with Gasteiger partial charge in [-0.2, -0.15) is 0 Å². The highest BCUT2D eigenvalue weighted by atomic mass is 16.5. The van der Waals surface area contributed by atoms with E-state index in [0.717, 1.165) is 6.42 Å². The minimum atomic E-state index is -0.464. The Bertz CT molecular complexity index is 792. The van der Waals surface area contributed by atoms with Crippen LogP contribution in [0.25, 0.3) is 0 Å². The highest BCUT2D eigenvalue weighted by molar-refractivity contribution is 5.98. The smallest absolute Gasteiger partial charge is 0.247 e. The molecule has 1 unspecified atom stereocenters. The van der Waals surface area contributed by atoms with E-state index in [1.165, 1.54) is 0 Å². The predicted molar refractivity (Wildman–Crippen MR) is 98.9 cm³/mol. The number of ether oxygens (including phenoxy) is 1. The van der Waals surface area contributed by atoms with Crippen LogP contribution in [0.2, 0.25) is 0 Å².